The molecule has 0 saturated heterocycles. The predicted octanol–water partition coefficient (Wildman–Crippen LogP) is 5.19. The number of nitrogens with one attached hydrogen (secondary N) is 1. The Morgan fingerprint density at radius 3 is 2.20 bits per heavy atom. The number of aryl methyl sites for hydroxylation is 1. The van der Waals surface area contributed by atoms with Crippen molar-refractivity contribution in [3.8, 4) is 5.75 Å². The van der Waals surface area contributed by atoms with Crippen LogP contribution < -0.4 is 14.4 Å². The number of rotatable bonds is 13. The van der Waals surface area contributed by atoms with Crippen LogP contribution in [0.1, 0.15) is 37.8 Å². The van der Waals surface area contributed by atoms with Gasteiger partial charge in [-0.3, -0.25) is 13.9 Å². The average molecular weight is 586 g/mol. The van der Waals surface area contributed by atoms with E-state index >= 15 is 0 Å². The van der Waals surface area contributed by atoms with E-state index < -0.39 is 28.5 Å². The number of carbonyl (C=O) groups excluding carboxylic acids is 2. The maximum absolute atomic E-state index is 14.0. The third-order valence-electron chi connectivity index (χ3n) is 6.46. The Bertz CT molecular complexity index is 1400. The summed E-state index contributed by atoms with van der Waals surface area (Å²) in [6.07, 6.45) is 1.08. The van der Waals surface area contributed by atoms with Crippen molar-refractivity contribution in [2.45, 2.75) is 51.1 Å². The van der Waals surface area contributed by atoms with E-state index in [4.69, 9.17) is 16.3 Å². The topological polar surface area (TPSA) is 96.0 Å². The molecule has 0 aliphatic heterocycles. The summed E-state index contributed by atoms with van der Waals surface area (Å²) in [7, 11) is -2.62. The molecule has 0 spiro atoms. The van der Waals surface area contributed by atoms with Crippen LogP contribution in [0.5, 0.6) is 5.75 Å². The second kappa shape index (κ2) is 14.2. The zero-order chi connectivity index (χ0) is 29.3. The first-order valence-corrected chi connectivity index (χ1v) is 15.0. The van der Waals surface area contributed by atoms with Crippen LogP contribution in [0, 0.1) is 6.92 Å². The molecule has 0 fully saturated rings. The van der Waals surface area contributed by atoms with E-state index in [0.717, 1.165) is 21.9 Å². The minimum absolute atomic E-state index is 0.0280. The van der Waals surface area contributed by atoms with Gasteiger partial charge >= 0.3 is 0 Å². The lowest BCUT2D eigenvalue weighted by Gasteiger charge is -2.33. The highest BCUT2D eigenvalue weighted by molar-refractivity contribution is 7.92. The molecule has 3 aromatic rings. The Hall–Kier alpha value is -3.56. The summed E-state index contributed by atoms with van der Waals surface area (Å²) in [5, 5.41) is 3.05. The smallest absolute Gasteiger partial charge is 0.264 e. The quantitative estimate of drug-likeness (QED) is 0.298. The number of methoxy groups -OCH3 is 1. The van der Waals surface area contributed by atoms with Gasteiger partial charge in [-0.15, -0.1) is 0 Å². The summed E-state index contributed by atoms with van der Waals surface area (Å²) < 4.78 is 34.1. The molecule has 214 valence electrons. The van der Waals surface area contributed by atoms with Crippen molar-refractivity contribution in [1.29, 1.82) is 0 Å². The first-order chi connectivity index (χ1) is 19.1. The van der Waals surface area contributed by atoms with Crippen LogP contribution in [-0.2, 0) is 26.2 Å². The molecule has 3 aromatic carbocycles. The Morgan fingerprint density at radius 1 is 0.975 bits per heavy atom. The van der Waals surface area contributed by atoms with Crippen molar-refractivity contribution in [2.24, 2.45) is 0 Å². The number of hydrogen-bond acceptors (Lipinski definition) is 5. The summed E-state index contributed by atoms with van der Waals surface area (Å²) in [6, 6.07) is 19.2. The molecule has 0 heterocycles. The van der Waals surface area contributed by atoms with Gasteiger partial charge in [0.05, 0.1) is 22.7 Å². The second-order valence-electron chi connectivity index (χ2n) is 9.36. The lowest BCUT2D eigenvalue weighted by molar-refractivity contribution is -0.140. The molecule has 0 aliphatic rings. The molecule has 10 heteroatoms. The average Bonchev–Trinajstić information content (AvgIpc) is 2.95. The van der Waals surface area contributed by atoms with Crippen molar-refractivity contribution in [3.63, 3.8) is 0 Å². The Morgan fingerprint density at radius 2 is 1.62 bits per heavy atom. The standard InChI is InChI=1S/C30H36ClN3O5S/c1-5-19-32-30(36)27(6-2)33(20-23-13-15-24(39-4)16-14-23)29(35)21-34(28-10-8-7-9-26(28)31)40(37,38)25-17-11-22(3)12-18-25/h7-18,27H,5-6,19-21H2,1-4H3,(H,32,36). The van der Waals surface area contributed by atoms with Gasteiger partial charge < -0.3 is 15.0 Å². The SMILES string of the molecule is CCCNC(=O)C(CC)N(Cc1ccc(OC)cc1)C(=O)CN(c1ccccc1Cl)S(=O)(=O)c1ccc(C)cc1. The highest BCUT2D eigenvalue weighted by Gasteiger charge is 2.34. The highest BCUT2D eigenvalue weighted by Crippen LogP contribution is 2.31. The van der Waals surface area contributed by atoms with Crippen LogP contribution in [-0.4, -0.2) is 51.4 Å². The van der Waals surface area contributed by atoms with Crippen LogP contribution in [0.4, 0.5) is 5.69 Å². The zero-order valence-corrected chi connectivity index (χ0v) is 24.8. The van der Waals surface area contributed by atoms with E-state index in [-0.39, 0.29) is 28.1 Å². The van der Waals surface area contributed by atoms with Gasteiger partial charge in [-0.1, -0.05) is 67.4 Å². The summed E-state index contributed by atoms with van der Waals surface area (Å²) in [5.74, 6) is -0.176. The van der Waals surface area contributed by atoms with Crippen molar-refractivity contribution in [2.75, 3.05) is 24.5 Å². The maximum Gasteiger partial charge on any atom is 0.264 e. The van der Waals surface area contributed by atoms with E-state index in [9.17, 15) is 18.0 Å². The predicted molar refractivity (Wildman–Crippen MR) is 158 cm³/mol. The van der Waals surface area contributed by atoms with Gasteiger partial charge in [0.1, 0.15) is 18.3 Å². The molecule has 8 nitrogen and oxygen atoms in total. The summed E-state index contributed by atoms with van der Waals surface area (Å²) >= 11 is 6.45. The van der Waals surface area contributed by atoms with E-state index in [1.807, 2.05) is 32.9 Å². The van der Waals surface area contributed by atoms with E-state index in [2.05, 4.69) is 5.32 Å². The van der Waals surface area contributed by atoms with Gasteiger partial charge in [-0.2, -0.15) is 0 Å². The highest BCUT2D eigenvalue weighted by atomic mass is 35.5. The van der Waals surface area contributed by atoms with Gasteiger partial charge in [-0.05, 0) is 61.7 Å². The van der Waals surface area contributed by atoms with Gasteiger partial charge in [0, 0.05) is 13.1 Å². The fourth-order valence-electron chi connectivity index (χ4n) is 4.22. The molecule has 3 rings (SSSR count). The number of ether oxygens (including phenoxy) is 1. The Balaban J connectivity index is 2.05. The van der Waals surface area contributed by atoms with E-state index in [1.165, 1.54) is 17.0 Å². The molecule has 1 atom stereocenters. The molecule has 2 amide bonds. The lowest BCUT2D eigenvalue weighted by Crippen LogP contribution is -2.52. The first kappa shape index (κ1) is 31.0. The number of anilines is 1. The van der Waals surface area contributed by atoms with Crippen LogP contribution in [0.25, 0.3) is 0 Å². The zero-order valence-electron chi connectivity index (χ0n) is 23.3. The minimum atomic E-state index is -4.19. The van der Waals surface area contributed by atoms with Crippen LogP contribution in [0.3, 0.4) is 0 Å². The van der Waals surface area contributed by atoms with Gasteiger partial charge in [0.2, 0.25) is 11.8 Å². The molecule has 1 unspecified atom stereocenters. The normalized spacial score (nSPS) is 11.9. The molecule has 40 heavy (non-hydrogen) atoms. The van der Waals surface area contributed by atoms with Crippen molar-refractivity contribution in [3.05, 3.63) is 88.9 Å². The number of benzene rings is 3. The maximum atomic E-state index is 14.0. The second-order valence-corrected chi connectivity index (χ2v) is 11.6. The molecular formula is C30H36ClN3O5S. The molecular weight excluding hydrogens is 550 g/mol. The molecule has 1 N–H and O–H groups in total. The Labute approximate surface area is 241 Å². The number of carbonyl (C=O) groups is 2. The molecule has 0 bridgehead atoms. The molecule has 0 saturated carbocycles. The molecule has 0 aromatic heterocycles. The number of hydrogen-bond donors (Lipinski definition) is 1. The first-order valence-electron chi connectivity index (χ1n) is 13.2. The number of halogens is 1. The lowest BCUT2D eigenvalue weighted by atomic mass is 10.1. The van der Waals surface area contributed by atoms with Gasteiger partial charge in [0.15, 0.2) is 0 Å². The van der Waals surface area contributed by atoms with E-state index in [0.29, 0.717) is 18.7 Å². The number of nitrogens with zero attached hydrogens (tertiary/aromatic N) is 2. The number of amides is 2. The third-order valence-corrected chi connectivity index (χ3v) is 8.55. The molecule has 0 radical (unpaired) electrons. The fourth-order valence-corrected chi connectivity index (χ4v) is 5.94. The van der Waals surface area contributed by atoms with E-state index in [1.54, 1.807) is 55.6 Å². The fraction of sp³-hybridized carbons (Fsp3) is 0.333. The summed E-state index contributed by atoms with van der Waals surface area (Å²) in [5.41, 5.74) is 1.83. The van der Waals surface area contributed by atoms with Gasteiger partial charge in [0.25, 0.3) is 10.0 Å². The number of sulfonamides is 1. The van der Waals surface area contributed by atoms with Crippen LogP contribution >= 0.6 is 11.6 Å². The van der Waals surface area contributed by atoms with Crippen molar-refractivity contribution in [1.82, 2.24) is 10.2 Å². The third kappa shape index (κ3) is 7.55. The monoisotopic (exact) mass is 585 g/mol. The van der Waals surface area contributed by atoms with Crippen molar-refractivity contribution < 1.29 is 22.7 Å². The van der Waals surface area contributed by atoms with Crippen LogP contribution in [0.15, 0.2) is 77.7 Å². The Kier molecular flexibility index (Phi) is 11.0. The molecule has 0 aliphatic carbocycles. The van der Waals surface area contributed by atoms with Crippen LogP contribution in [0.2, 0.25) is 5.02 Å². The largest absolute Gasteiger partial charge is 0.497 e. The summed E-state index contributed by atoms with van der Waals surface area (Å²) in [4.78, 5) is 28.7. The number of para-hydroxylation sites is 1. The minimum Gasteiger partial charge on any atom is -0.497 e. The van der Waals surface area contributed by atoms with Crippen molar-refractivity contribution >= 4 is 39.1 Å². The summed E-state index contributed by atoms with van der Waals surface area (Å²) in [6.45, 7) is 5.64. The van der Waals surface area contributed by atoms with Gasteiger partial charge in [-0.25, -0.2) is 8.42 Å².